The van der Waals surface area contributed by atoms with E-state index in [1.165, 1.54) is 42.5 Å². The molecule has 0 atom stereocenters. The van der Waals surface area contributed by atoms with Crippen LogP contribution in [0.15, 0.2) is 66.1 Å². The van der Waals surface area contributed by atoms with Crippen molar-refractivity contribution >= 4 is 27.4 Å². The molecule has 8 heteroatoms. The Labute approximate surface area is 139 Å². The molecular weight excluding hydrogens is 333 g/mol. The first-order valence-corrected chi connectivity index (χ1v) is 8.44. The number of anilines is 2. The zero-order valence-corrected chi connectivity index (χ0v) is 13.4. The normalized spacial score (nSPS) is 10.7. The van der Waals surface area contributed by atoms with Crippen LogP contribution in [0.25, 0.3) is 0 Å². The van der Waals surface area contributed by atoms with Crippen molar-refractivity contribution in [2.45, 2.75) is 4.90 Å². The second-order valence-corrected chi connectivity index (χ2v) is 6.39. The second-order valence-electron chi connectivity index (χ2n) is 4.74. The molecule has 2 aromatic rings. The fraction of sp³-hybridized carbons (Fsp3) is 0.0625. The van der Waals surface area contributed by atoms with Gasteiger partial charge in [0.1, 0.15) is 10.7 Å². The molecule has 0 spiro atoms. The Morgan fingerprint density at radius 3 is 2.33 bits per heavy atom. The van der Waals surface area contributed by atoms with Gasteiger partial charge in [0.25, 0.3) is 10.0 Å². The van der Waals surface area contributed by atoms with Gasteiger partial charge < -0.3 is 10.6 Å². The molecule has 6 nitrogen and oxygen atoms in total. The van der Waals surface area contributed by atoms with Gasteiger partial charge in [0.15, 0.2) is 0 Å². The van der Waals surface area contributed by atoms with Gasteiger partial charge in [-0.3, -0.25) is 4.72 Å². The van der Waals surface area contributed by atoms with Crippen molar-refractivity contribution in [1.82, 2.24) is 5.32 Å². The third-order valence-electron chi connectivity index (χ3n) is 2.93. The molecule has 0 aliphatic rings. The summed E-state index contributed by atoms with van der Waals surface area (Å²) in [5, 5.41) is 5.11. The molecule has 0 aliphatic carbocycles. The van der Waals surface area contributed by atoms with Crippen molar-refractivity contribution in [3.8, 4) is 0 Å². The lowest BCUT2D eigenvalue weighted by Gasteiger charge is -2.10. The Bertz CT molecular complexity index is 836. The number of carbonyl (C=O) groups excluding carboxylic acids is 1. The molecule has 2 rings (SSSR count). The third kappa shape index (κ3) is 4.56. The zero-order valence-electron chi connectivity index (χ0n) is 12.6. The van der Waals surface area contributed by atoms with Gasteiger partial charge in [-0.25, -0.2) is 17.6 Å². The Hall–Kier alpha value is -2.87. The van der Waals surface area contributed by atoms with E-state index in [4.69, 9.17) is 0 Å². The molecule has 0 unspecified atom stereocenters. The van der Waals surface area contributed by atoms with Crippen LogP contribution >= 0.6 is 0 Å². The van der Waals surface area contributed by atoms with E-state index in [1.807, 2.05) is 0 Å². The van der Waals surface area contributed by atoms with E-state index < -0.39 is 26.8 Å². The Kier molecular flexibility index (Phi) is 5.54. The topological polar surface area (TPSA) is 87.3 Å². The molecule has 0 bridgehead atoms. The van der Waals surface area contributed by atoms with Crippen LogP contribution < -0.4 is 15.4 Å². The van der Waals surface area contributed by atoms with Crippen LogP contribution in [0.3, 0.4) is 0 Å². The minimum atomic E-state index is -4.03. The first kappa shape index (κ1) is 17.5. The highest BCUT2D eigenvalue weighted by atomic mass is 32.2. The molecular formula is C16H16FN3O3S. The summed E-state index contributed by atoms with van der Waals surface area (Å²) in [7, 11) is -4.03. The molecule has 0 fully saturated rings. The van der Waals surface area contributed by atoms with E-state index in [0.717, 1.165) is 6.07 Å². The molecule has 0 saturated heterocycles. The minimum Gasteiger partial charge on any atom is -0.334 e. The number of carbonyl (C=O) groups is 1. The highest BCUT2D eigenvalue weighted by Gasteiger charge is 2.18. The van der Waals surface area contributed by atoms with E-state index in [0.29, 0.717) is 12.2 Å². The zero-order chi connectivity index (χ0) is 17.6. The maximum absolute atomic E-state index is 13.6. The molecule has 0 aliphatic heterocycles. The molecule has 0 saturated carbocycles. The average Bonchev–Trinajstić information content (AvgIpc) is 2.55. The predicted octanol–water partition coefficient (Wildman–Crippen LogP) is 2.93. The number of amides is 2. The van der Waals surface area contributed by atoms with Gasteiger partial charge >= 0.3 is 6.03 Å². The number of urea groups is 1. The third-order valence-corrected chi connectivity index (χ3v) is 4.34. The summed E-state index contributed by atoms with van der Waals surface area (Å²) in [5.41, 5.74) is 0.723. The van der Waals surface area contributed by atoms with Gasteiger partial charge in [-0.2, -0.15) is 0 Å². The predicted molar refractivity (Wildman–Crippen MR) is 90.9 cm³/mol. The van der Waals surface area contributed by atoms with Crippen molar-refractivity contribution < 1.29 is 17.6 Å². The van der Waals surface area contributed by atoms with Crippen molar-refractivity contribution in [3.63, 3.8) is 0 Å². The van der Waals surface area contributed by atoms with Gasteiger partial charge in [-0.05, 0) is 36.4 Å². The first-order valence-electron chi connectivity index (χ1n) is 6.95. The number of rotatable bonds is 6. The lowest BCUT2D eigenvalue weighted by Crippen LogP contribution is -2.28. The van der Waals surface area contributed by atoms with Crippen LogP contribution in [0.2, 0.25) is 0 Å². The van der Waals surface area contributed by atoms with Crippen LogP contribution in [0.5, 0.6) is 0 Å². The summed E-state index contributed by atoms with van der Waals surface area (Å²) in [6, 6.07) is 10.6. The molecule has 126 valence electrons. The number of hydrogen-bond donors (Lipinski definition) is 3. The van der Waals surface area contributed by atoms with Crippen molar-refractivity contribution in [1.29, 1.82) is 0 Å². The minimum absolute atomic E-state index is 0.246. The van der Waals surface area contributed by atoms with Gasteiger partial charge in [0, 0.05) is 17.9 Å². The van der Waals surface area contributed by atoms with E-state index >= 15 is 0 Å². The van der Waals surface area contributed by atoms with Crippen LogP contribution in [0.1, 0.15) is 0 Å². The molecule has 24 heavy (non-hydrogen) atoms. The first-order chi connectivity index (χ1) is 11.4. The number of nitrogens with one attached hydrogen (secondary N) is 3. The number of sulfonamides is 1. The van der Waals surface area contributed by atoms with E-state index in [9.17, 15) is 17.6 Å². The SMILES string of the molecule is C=CCNC(=O)Nc1ccc(NS(=O)(=O)c2ccccc2F)cc1. The lowest BCUT2D eigenvalue weighted by molar-refractivity contribution is 0.253. The Morgan fingerprint density at radius 1 is 1.08 bits per heavy atom. The fourth-order valence-corrected chi connectivity index (χ4v) is 2.97. The summed E-state index contributed by atoms with van der Waals surface area (Å²) in [6.07, 6.45) is 1.54. The van der Waals surface area contributed by atoms with Gasteiger partial charge in [0.2, 0.25) is 0 Å². The summed E-state index contributed by atoms with van der Waals surface area (Å²) < 4.78 is 40.2. The van der Waals surface area contributed by atoms with Crippen LogP contribution in [-0.4, -0.2) is 21.0 Å². The monoisotopic (exact) mass is 349 g/mol. The van der Waals surface area contributed by atoms with Crippen LogP contribution in [0.4, 0.5) is 20.6 Å². The van der Waals surface area contributed by atoms with Crippen molar-refractivity contribution in [3.05, 3.63) is 67.0 Å². The molecule has 0 radical (unpaired) electrons. The van der Waals surface area contributed by atoms with E-state index in [2.05, 4.69) is 21.9 Å². The summed E-state index contributed by atoms with van der Waals surface area (Å²) >= 11 is 0. The summed E-state index contributed by atoms with van der Waals surface area (Å²) in [5.74, 6) is -0.831. The molecule has 0 heterocycles. The van der Waals surface area contributed by atoms with Gasteiger partial charge in [-0.1, -0.05) is 18.2 Å². The quantitative estimate of drug-likeness (QED) is 0.701. The van der Waals surface area contributed by atoms with E-state index in [1.54, 1.807) is 6.08 Å². The number of halogens is 1. The smallest absolute Gasteiger partial charge is 0.319 e. The molecule has 2 aromatic carbocycles. The largest absolute Gasteiger partial charge is 0.334 e. The number of hydrogen-bond acceptors (Lipinski definition) is 3. The summed E-state index contributed by atoms with van der Waals surface area (Å²) in [6.45, 7) is 3.81. The van der Waals surface area contributed by atoms with Gasteiger partial charge in [0.05, 0.1) is 0 Å². The number of benzene rings is 2. The molecule has 3 N–H and O–H groups in total. The Balaban J connectivity index is 2.07. The standard InChI is InChI=1S/C16H16FN3O3S/c1-2-11-18-16(21)19-12-7-9-13(10-8-12)20-24(22,23)15-6-4-3-5-14(15)17/h2-10,20H,1,11H2,(H2,18,19,21). The second kappa shape index (κ2) is 7.60. The van der Waals surface area contributed by atoms with Crippen molar-refractivity contribution in [2.75, 3.05) is 16.6 Å². The highest BCUT2D eigenvalue weighted by molar-refractivity contribution is 7.92. The van der Waals surface area contributed by atoms with Crippen molar-refractivity contribution in [2.24, 2.45) is 0 Å². The highest BCUT2D eigenvalue weighted by Crippen LogP contribution is 2.20. The maximum atomic E-state index is 13.6. The molecule has 2 amide bonds. The van der Waals surface area contributed by atoms with Crippen LogP contribution in [-0.2, 0) is 10.0 Å². The lowest BCUT2D eigenvalue weighted by atomic mass is 10.3. The van der Waals surface area contributed by atoms with Gasteiger partial charge in [-0.15, -0.1) is 6.58 Å². The maximum Gasteiger partial charge on any atom is 0.319 e. The summed E-state index contributed by atoms with van der Waals surface area (Å²) in [4.78, 5) is 11.1. The Morgan fingerprint density at radius 2 is 1.71 bits per heavy atom. The fourth-order valence-electron chi connectivity index (χ4n) is 1.83. The van der Waals surface area contributed by atoms with Crippen LogP contribution in [0, 0.1) is 5.82 Å². The van der Waals surface area contributed by atoms with E-state index in [-0.39, 0.29) is 5.69 Å². The average molecular weight is 349 g/mol. The molecule has 0 aromatic heterocycles.